The Balaban J connectivity index is 2.04. The summed E-state index contributed by atoms with van der Waals surface area (Å²) in [6, 6.07) is 0. The first-order chi connectivity index (χ1) is 10.0. The van der Waals surface area contributed by atoms with Crippen LogP contribution in [0.5, 0.6) is 0 Å². The molecule has 1 aliphatic rings. The minimum Gasteiger partial charge on any atom is -0.319 e. The van der Waals surface area contributed by atoms with Gasteiger partial charge in [0.15, 0.2) is 0 Å². The van der Waals surface area contributed by atoms with Crippen molar-refractivity contribution in [2.75, 3.05) is 26.7 Å². The number of piperidine rings is 1. The molecular formula is C15H24N4O2. The van der Waals surface area contributed by atoms with E-state index in [1.165, 1.54) is 12.8 Å². The summed E-state index contributed by atoms with van der Waals surface area (Å²) in [5.74, 6) is 0.743. The van der Waals surface area contributed by atoms with E-state index in [1.807, 2.05) is 7.05 Å². The van der Waals surface area contributed by atoms with Crippen LogP contribution >= 0.6 is 0 Å². The molecule has 0 spiro atoms. The molecule has 0 amide bonds. The number of hydrogen-bond donors (Lipinski definition) is 1. The minimum atomic E-state index is -0.297. The van der Waals surface area contributed by atoms with Gasteiger partial charge in [0.25, 0.3) is 5.69 Å². The molecule has 0 saturated carbocycles. The van der Waals surface area contributed by atoms with E-state index in [9.17, 15) is 10.1 Å². The summed E-state index contributed by atoms with van der Waals surface area (Å²) in [6.07, 6.45) is 3.97. The smallest absolute Gasteiger partial charge is 0.278 e. The molecule has 6 heteroatoms. The number of nitrogens with one attached hydrogen (secondary N) is 1. The average molecular weight is 292 g/mol. The molecular weight excluding hydrogens is 268 g/mol. The van der Waals surface area contributed by atoms with Gasteiger partial charge in [-0.25, -0.2) is 0 Å². The molecule has 0 aromatic carbocycles. The Morgan fingerprint density at radius 3 is 2.67 bits per heavy atom. The van der Waals surface area contributed by atoms with Crippen LogP contribution in [0, 0.1) is 29.9 Å². The van der Waals surface area contributed by atoms with Gasteiger partial charge in [-0.05, 0) is 59.3 Å². The molecule has 1 saturated heterocycles. The lowest BCUT2D eigenvalue weighted by molar-refractivity contribution is -0.386. The van der Waals surface area contributed by atoms with Gasteiger partial charge in [0.1, 0.15) is 0 Å². The van der Waals surface area contributed by atoms with Crippen molar-refractivity contribution in [3.05, 3.63) is 33.1 Å². The van der Waals surface area contributed by atoms with Crippen molar-refractivity contribution < 1.29 is 4.92 Å². The molecule has 116 valence electrons. The van der Waals surface area contributed by atoms with Crippen molar-refractivity contribution in [1.82, 2.24) is 15.2 Å². The number of nitrogens with zero attached hydrogens (tertiary/aromatic N) is 3. The fraction of sp³-hybridized carbons (Fsp3) is 0.667. The number of rotatable bonds is 5. The molecule has 2 heterocycles. The predicted molar refractivity (Wildman–Crippen MR) is 82.3 cm³/mol. The summed E-state index contributed by atoms with van der Waals surface area (Å²) in [7, 11) is 1.99. The number of likely N-dealkylation sites (tertiary alicyclic amines) is 1. The van der Waals surface area contributed by atoms with Gasteiger partial charge >= 0.3 is 0 Å². The third kappa shape index (κ3) is 3.77. The molecule has 1 aliphatic heterocycles. The number of nitro groups is 1. The summed E-state index contributed by atoms with van der Waals surface area (Å²) >= 11 is 0. The number of aryl methyl sites for hydroxylation is 1. The van der Waals surface area contributed by atoms with Crippen molar-refractivity contribution in [2.24, 2.45) is 5.92 Å². The molecule has 0 bridgehead atoms. The highest BCUT2D eigenvalue weighted by molar-refractivity contribution is 5.47. The Hall–Kier alpha value is -1.53. The molecule has 1 N–H and O–H groups in total. The zero-order chi connectivity index (χ0) is 15.4. The highest BCUT2D eigenvalue weighted by atomic mass is 16.6. The zero-order valence-corrected chi connectivity index (χ0v) is 13.1. The van der Waals surface area contributed by atoms with E-state index in [-0.39, 0.29) is 10.6 Å². The second kappa shape index (κ2) is 6.95. The van der Waals surface area contributed by atoms with Gasteiger partial charge in [-0.15, -0.1) is 0 Å². The monoisotopic (exact) mass is 292 g/mol. The lowest BCUT2D eigenvalue weighted by atomic mass is 9.96. The maximum absolute atomic E-state index is 11.2. The van der Waals surface area contributed by atoms with Gasteiger partial charge in [0.2, 0.25) is 0 Å². The second-order valence-corrected chi connectivity index (χ2v) is 5.90. The molecule has 2 rings (SSSR count). The lowest BCUT2D eigenvalue weighted by Crippen LogP contribution is -2.36. The van der Waals surface area contributed by atoms with Crippen molar-refractivity contribution in [2.45, 2.75) is 33.2 Å². The van der Waals surface area contributed by atoms with E-state index in [0.717, 1.165) is 31.2 Å². The van der Waals surface area contributed by atoms with Gasteiger partial charge in [-0.1, -0.05) is 0 Å². The van der Waals surface area contributed by atoms with Crippen LogP contribution in [0.1, 0.15) is 29.7 Å². The van der Waals surface area contributed by atoms with Crippen LogP contribution in [-0.2, 0) is 6.54 Å². The largest absolute Gasteiger partial charge is 0.319 e. The third-order valence-corrected chi connectivity index (χ3v) is 4.33. The fourth-order valence-corrected chi connectivity index (χ4v) is 3.05. The Labute approximate surface area is 125 Å². The van der Waals surface area contributed by atoms with Crippen LogP contribution in [-0.4, -0.2) is 41.5 Å². The van der Waals surface area contributed by atoms with Crippen molar-refractivity contribution in [1.29, 1.82) is 0 Å². The van der Waals surface area contributed by atoms with Crippen LogP contribution in [0.15, 0.2) is 6.20 Å². The normalized spacial score (nSPS) is 17.1. The van der Waals surface area contributed by atoms with Crippen LogP contribution in [0.3, 0.4) is 0 Å². The quantitative estimate of drug-likeness (QED) is 0.664. The fourth-order valence-electron chi connectivity index (χ4n) is 3.05. The summed E-state index contributed by atoms with van der Waals surface area (Å²) in [5, 5.41) is 14.4. The summed E-state index contributed by atoms with van der Waals surface area (Å²) in [5.41, 5.74) is 2.38. The molecule has 0 radical (unpaired) electrons. The standard InChI is InChI=1S/C15H24N4O2/c1-11-8-17-14(12(2)15(11)19(20)21)10-18-6-4-13(5-7-18)9-16-3/h8,13,16H,4-7,9-10H2,1-3H3. The Morgan fingerprint density at radius 2 is 2.10 bits per heavy atom. The Kier molecular flexibility index (Phi) is 5.25. The lowest BCUT2D eigenvalue weighted by Gasteiger charge is -2.31. The first-order valence-corrected chi connectivity index (χ1v) is 7.49. The second-order valence-electron chi connectivity index (χ2n) is 5.90. The van der Waals surface area contributed by atoms with Gasteiger partial charge in [-0.2, -0.15) is 0 Å². The summed E-state index contributed by atoms with van der Waals surface area (Å²) in [4.78, 5) is 17.6. The molecule has 0 aliphatic carbocycles. The molecule has 0 atom stereocenters. The SMILES string of the molecule is CNCC1CCN(Cc2ncc(C)c([N+](=O)[O-])c2C)CC1. The maximum Gasteiger partial charge on any atom is 0.278 e. The minimum absolute atomic E-state index is 0.213. The van der Waals surface area contributed by atoms with E-state index >= 15 is 0 Å². The number of aromatic nitrogens is 1. The number of pyridine rings is 1. The van der Waals surface area contributed by atoms with E-state index in [4.69, 9.17) is 0 Å². The predicted octanol–water partition coefficient (Wildman–Crippen LogP) is 2.04. The topological polar surface area (TPSA) is 71.3 Å². The molecule has 1 fully saturated rings. The van der Waals surface area contributed by atoms with E-state index < -0.39 is 0 Å². The first-order valence-electron chi connectivity index (χ1n) is 7.49. The molecule has 0 unspecified atom stereocenters. The Bertz CT molecular complexity index is 511. The summed E-state index contributed by atoms with van der Waals surface area (Å²) in [6.45, 7) is 7.40. The van der Waals surface area contributed by atoms with Gasteiger partial charge < -0.3 is 5.32 Å². The van der Waals surface area contributed by atoms with Crippen molar-refractivity contribution in [3.8, 4) is 0 Å². The third-order valence-electron chi connectivity index (χ3n) is 4.33. The van der Waals surface area contributed by atoms with Gasteiger partial charge in [0, 0.05) is 23.9 Å². The van der Waals surface area contributed by atoms with E-state index in [2.05, 4.69) is 15.2 Å². The highest BCUT2D eigenvalue weighted by Gasteiger charge is 2.23. The van der Waals surface area contributed by atoms with E-state index in [0.29, 0.717) is 17.7 Å². The van der Waals surface area contributed by atoms with Gasteiger partial charge in [0.05, 0.1) is 10.6 Å². The Morgan fingerprint density at radius 1 is 1.43 bits per heavy atom. The van der Waals surface area contributed by atoms with Gasteiger partial charge in [-0.3, -0.25) is 20.0 Å². The first kappa shape index (κ1) is 15.9. The van der Waals surface area contributed by atoms with E-state index in [1.54, 1.807) is 20.0 Å². The van der Waals surface area contributed by atoms with Crippen LogP contribution in [0.25, 0.3) is 0 Å². The average Bonchev–Trinajstić information content (AvgIpc) is 2.44. The van der Waals surface area contributed by atoms with Crippen LogP contribution in [0.2, 0.25) is 0 Å². The molecule has 1 aromatic heterocycles. The zero-order valence-electron chi connectivity index (χ0n) is 13.1. The summed E-state index contributed by atoms with van der Waals surface area (Å²) < 4.78 is 0. The number of hydrogen-bond acceptors (Lipinski definition) is 5. The van der Waals surface area contributed by atoms with Crippen LogP contribution < -0.4 is 5.32 Å². The van der Waals surface area contributed by atoms with Crippen LogP contribution in [0.4, 0.5) is 5.69 Å². The van der Waals surface area contributed by atoms with Crippen molar-refractivity contribution >= 4 is 5.69 Å². The maximum atomic E-state index is 11.2. The highest BCUT2D eigenvalue weighted by Crippen LogP contribution is 2.26. The molecule has 6 nitrogen and oxygen atoms in total. The molecule has 1 aromatic rings. The van der Waals surface area contributed by atoms with Crippen molar-refractivity contribution in [3.63, 3.8) is 0 Å². The molecule has 21 heavy (non-hydrogen) atoms.